The minimum absolute atomic E-state index is 0.00943. The van der Waals surface area contributed by atoms with Gasteiger partial charge in [-0.05, 0) is 25.1 Å². The number of ether oxygens (including phenoxy) is 3. The highest BCUT2D eigenvalue weighted by atomic mass is 32.1. The zero-order chi connectivity index (χ0) is 20.1. The lowest BCUT2D eigenvalue weighted by Gasteiger charge is -2.27. The third-order valence-electron chi connectivity index (χ3n) is 4.48. The van der Waals surface area contributed by atoms with E-state index < -0.39 is 5.91 Å². The summed E-state index contributed by atoms with van der Waals surface area (Å²) in [5.41, 5.74) is 1.26. The van der Waals surface area contributed by atoms with Crippen molar-refractivity contribution < 1.29 is 23.8 Å². The summed E-state index contributed by atoms with van der Waals surface area (Å²) in [5, 5.41) is 1.88. The molecular weight excluding hydrogens is 382 g/mol. The summed E-state index contributed by atoms with van der Waals surface area (Å²) in [7, 11) is 3.05. The molecule has 1 aromatic carbocycles. The van der Waals surface area contributed by atoms with Gasteiger partial charge in [0.25, 0.3) is 5.91 Å². The lowest BCUT2D eigenvalue weighted by Crippen LogP contribution is -2.43. The van der Waals surface area contributed by atoms with Crippen molar-refractivity contribution in [3.8, 4) is 11.5 Å². The quantitative estimate of drug-likeness (QED) is 0.753. The van der Waals surface area contributed by atoms with Crippen LogP contribution in [0.25, 0.3) is 0 Å². The Bertz CT molecular complexity index is 928. The molecule has 28 heavy (non-hydrogen) atoms. The highest BCUT2D eigenvalue weighted by molar-refractivity contribution is 7.07. The van der Waals surface area contributed by atoms with Gasteiger partial charge in [-0.3, -0.25) is 9.59 Å². The van der Waals surface area contributed by atoms with E-state index in [4.69, 9.17) is 14.2 Å². The summed E-state index contributed by atoms with van der Waals surface area (Å²) in [6.45, 7) is 4.30. The van der Waals surface area contributed by atoms with Crippen molar-refractivity contribution in [2.24, 2.45) is 4.99 Å². The standard InChI is InChI=1S/C19H23N3O5S/c1-13-12-28-19(22(13)11-17(23)21-6-8-27-9-7-21)20-18(24)14-4-5-15(25-2)16(10-14)26-3/h4-5,10,12H,6-9,11H2,1-3H3. The van der Waals surface area contributed by atoms with Gasteiger partial charge < -0.3 is 23.7 Å². The third kappa shape index (κ3) is 4.42. The molecule has 0 N–H and O–H groups in total. The molecule has 0 spiro atoms. The smallest absolute Gasteiger partial charge is 0.279 e. The van der Waals surface area contributed by atoms with Crippen LogP contribution in [0, 0.1) is 6.92 Å². The number of nitrogens with zero attached hydrogens (tertiary/aromatic N) is 3. The van der Waals surface area contributed by atoms with Crippen LogP contribution < -0.4 is 14.3 Å². The average Bonchev–Trinajstić information content (AvgIpc) is 3.07. The first kappa shape index (κ1) is 20.1. The number of morpholine rings is 1. The molecule has 2 heterocycles. The van der Waals surface area contributed by atoms with Gasteiger partial charge in [0.05, 0.1) is 27.4 Å². The van der Waals surface area contributed by atoms with Crippen LogP contribution >= 0.6 is 11.3 Å². The van der Waals surface area contributed by atoms with Crippen LogP contribution in [0.1, 0.15) is 16.1 Å². The molecule has 0 bridgehead atoms. The molecule has 1 aliphatic heterocycles. The van der Waals surface area contributed by atoms with Crippen LogP contribution in [-0.4, -0.2) is 61.8 Å². The maximum atomic E-state index is 12.6. The van der Waals surface area contributed by atoms with E-state index in [-0.39, 0.29) is 12.5 Å². The molecule has 150 valence electrons. The van der Waals surface area contributed by atoms with Crippen molar-refractivity contribution in [2.75, 3.05) is 40.5 Å². The van der Waals surface area contributed by atoms with Gasteiger partial charge in [-0.1, -0.05) is 0 Å². The Morgan fingerprint density at radius 2 is 1.89 bits per heavy atom. The monoisotopic (exact) mass is 405 g/mol. The molecule has 9 heteroatoms. The lowest BCUT2D eigenvalue weighted by molar-refractivity contribution is -0.135. The van der Waals surface area contributed by atoms with Crippen molar-refractivity contribution in [1.29, 1.82) is 0 Å². The molecule has 1 aliphatic rings. The van der Waals surface area contributed by atoms with Crippen LogP contribution in [0.15, 0.2) is 28.6 Å². The first-order valence-corrected chi connectivity index (χ1v) is 9.73. The Balaban J connectivity index is 1.84. The summed E-state index contributed by atoms with van der Waals surface area (Å²) in [4.78, 5) is 31.7. The van der Waals surface area contributed by atoms with Gasteiger partial charge in [-0.25, -0.2) is 0 Å². The largest absolute Gasteiger partial charge is 0.493 e. The van der Waals surface area contributed by atoms with E-state index in [0.29, 0.717) is 48.2 Å². The zero-order valence-corrected chi connectivity index (χ0v) is 17.0. The third-order valence-corrected chi connectivity index (χ3v) is 5.46. The van der Waals surface area contributed by atoms with Gasteiger partial charge in [0.15, 0.2) is 16.3 Å². The van der Waals surface area contributed by atoms with Crippen molar-refractivity contribution in [1.82, 2.24) is 9.47 Å². The molecule has 2 amide bonds. The fourth-order valence-electron chi connectivity index (χ4n) is 2.86. The number of methoxy groups -OCH3 is 2. The highest BCUT2D eigenvalue weighted by Crippen LogP contribution is 2.27. The SMILES string of the molecule is COc1ccc(C(=O)N=c2scc(C)n2CC(=O)N2CCOCC2)cc1OC. The lowest BCUT2D eigenvalue weighted by atomic mass is 10.2. The van der Waals surface area contributed by atoms with Gasteiger partial charge in [0.2, 0.25) is 5.91 Å². The normalized spacial score (nSPS) is 14.8. The molecule has 1 fully saturated rings. The zero-order valence-electron chi connectivity index (χ0n) is 16.1. The maximum Gasteiger partial charge on any atom is 0.279 e. The predicted molar refractivity (Wildman–Crippen MR) is 104 cm³/mol. The Morgan fingerprint density at radius 1 is 1.18 bits per heavy atom. The highest BCUT2D eigenvalue weighted by Gasteiger charge is 2.18. The van der Waals surface area contributed by atoms with E-state index in [9.17, 15) is 9.59 Å². The second kappa shape index (κ2) is 9.03. The summed E-state index contributed by atoms with van der Waals surface area (Å²) >= 11 is 1.33. The number of carbonyl (C=O) groups is 2. The topological polar surface area (TPSA) is 82.4 Å². The number of benzene rings is 1. The number of hydrogen-bond acceptors (Lipinski definition) is 6. The molecule has 0 unspecified atom stereocenters. The fraction of sp³-hybridized carbons (Fsp3) is 0.421. The number of carbonyl (C=O) groups excluding carboxylic acids is 2. The number of aryl methyl sites for hydroxylation is 1. The fourth-order valence-corrected chi connectivity index (χ4v) is 3.74. The summed E-state index contributed by atoms with van der Waals surface area (Å²) in [5.74, 6) is 0.582. The molecule has 8 nitrogen and oxygen atoms in total. The second-order valence-corrected chi connectivity index (χ2v) is 7.06. The number of amides is 2. The molecule has 3 rings (SSSR count). The predicted octanol–water partition coefficient (Wildman–Crippen LogP) is 1.48. The Labute approximate surface area is 167 Å². The second-order valence-electron chi connectivity index (χ2n) is 6.23. The van der Waals surface area contributed by atoms with Crippen molar-refractivity contribution in [3.63, 3.8) is 0 Å². The minimum Gasteiger partial charge on any atom is -0.493 e. The Hall–Kier alpha value is -2.65. The van der Waals surface area contributed by atoms with Crippen LogP contribution in [0.5, 0.6) is 11.5 Å². The van der Waals surface area contributed by atoms with Crippen LogP contribution in [0.3, 0.4) is 0 Å². The molecule has 0 atom stereocenters. The van der Waals surface area contributed by atoms with Crippen molar-refractivity contribution >= 4 is 23.2 Å². The van der Waals surface area contributed by atoms with Crippen LogP contribution in [0.4, 0.5) is 0 Å². The number of thiazole rings is 1. The van der Waals surface area contributed by atoms with E-state index in [0.717, 1.165) is 5.69 Å². The molecule has 0 radical (unpaired) electrons. The van der Waals surface area contributed by atoms with E-state index in [1.807, 2.05) is 12.3 Å². The molecule has 2 aromatic rings. The van der Waals surface area contributed by atoms with Gasteiger partial charge in [-0.2, -0.15) is 4.99 Å². The number of hydrogen-bond donors (Lipinski definition) is 0. The minimum atomic E-state index is -0.407. The number of rotatable bonds is 5. The van der Waals surface area contributed by atoms with Crippen LogP contribution in [0.2, 0.25) is 0 Å². The maximum absolute atomic E-state index is 12.6. The Morgan fingerprint density at radius 3 is 2.57 bits per heavy atom. The van der Waals surface area contributed by atoms with E-state index in [1.165, 1.54) is 25.6 Å². The van der Waals surface area contributed by atoms with E-state index >= 15 is 0 Å². The molecule has 1 saturated heterocycles. The molecule has 1 aromatic heterocycles. The van der Waals surface area contributed by atoms with E-state index in [2.05, 4.69) is 4.99 Å². The molecule has 0 aliphatic carbocycles. The molecule has 0 saturated carbocycles. The van der Waals surface area contributed by atoms with E-state index in [1.54, 1.807) is 27.7 Å². The van der Waals surface area contributed by atoms with Crippen molar-refractivity contribution in [3.05, 3.63) is 39.6 Å². The van der Waals surface area contributed by atoms with Gasteiger partial charge in [0, 0.05) is 29.7 Å². The van der Waals surface area contributed by atoms with Gasteiger partial charge in [-0.15, -0.1) is 11.3 Å². The summed E-state index contributed by atoms with van der Waals surface area (Å²) < 4.78 is 17.5. The van der Waals surface area contributed by atoms with Crippen LogP contribution in [-0.2, 0) is 16.1 Å². The summed E-state index contributed by atoms with van der Waals surface area (Å²) in [6.07, 6.45) is 0. The first-order valence-electron chi connectivity index (χ1n) is 8.85. The summed E-state index contributed by atoms with van der Waals surface area (Å²) in [6, 6.07) is 4.89. The van der Waals surface area contributed by atoms with Gasteiger partial charge >= 0.3 is 0 Å². The first-order chi connectivity index (χ1) is 13.5. The Kier molecular flexibility index (Phi) is 6.48. The molecular formula is C19H23N3O5S. The van der Waals surface area contributed by atoms with Crippen molar-refractivity contribution in [2.45, 2.75) is 13.5 Å². The number of aromatic nitrogens is 1. The average molecular weight is 405 g/mol. The van der Waals surface area contributed by atoms with Gasteiger partial charge in [0.1, 0.15) is 6.54 Å².